The molecule has 116 valence electrons. The van der Waals surface area contributed by atoms with Crippen LogP contribution in [0.4, 0.5) is 13.2 Å². The quantitative estimate of drug-likeness (QED) is 0.819. The summed E-state index contributed by atoms with van der Waals surface area (Å²) in [5.74, 6) is -3.42. The van der Waals surface area contributed by atoms with Crippen LogP contribution in [-0.2, 0) is 9.59 Å². The maximum atomic E-state index is 12.5. The number of hydrogen-bond acceptors (Lipinski definition) is 2. The molecule has 0 spiro atoms. The molecule has 0 heterocycles. The van der Waals surface area contributed by atoms with Crippen molar-refractivity contribution in [2.45, 2.75) is 45.2 Å². The van der Waals surface area contributed by atoms with Crippen molar-refractivity contribution in [1.82, 2.24) is 4.90 Å². The van der Waals surface area contributed by atoms with E-state index in [-0.39, 0.29) is 6.54 Å². The molecule has 1 saturated carbocycles. The number of aliphatic carboxylic acids is 1. The van der Waals surface area contributed by atoms with Gasteiger partial charge in [-0.2, -0.15) is 13.2 Å². The second-order valence-corrected chi connectivity index (χ2v) is 5.21. The molecule has 1 aliphatic rings. The van der Waals surface area contributed by atoms with E-state index in [1.54, 1.807) is 0 Å². The van der Waals surface area contributed by atoms with E-state index in [0.717, 1.165) is 4.90 Å². The number of carbonyl (C=O) groups is 2. The van der Waals surface area contributed by atoms with E-state index in [1.165, 1.54) is 0 Å². The van der Waals surface area contributed by atoms with Crippen LogP contribution in [0.2, 0.25) is 0 Å². The van der Waals surface area contributed by atoms with Crippen LogP contribution < -0.4 is 0 Å². The first-order chi connectivity index (χ1) is 9.26. The molecule has 20 heavy (non-hydrogen) atoms. The van der Waals surface area contributed by atoms with Gasteiger partial charge >= 0.3 is 12.1 Å². The summed E-state index contributed by atoms with van der Waals surface area (Å²) in [7, 11) is 0. The molecule has 0 aromatic rings. The van der Waals surface area contributed by atoms with Crippen molar-refractivity contribution < 1.29 is 27.9 Å². The number of amides is 1. The van der Waals surface area contributed by atoms with Gasteiger partial charge in [-0.25, -0.2) is 0 Å². The standard InChI is InChI=1S/C13H20F3NO3/c1-2-3-7-17(8-13(14,15)16)11(18)9-5-4-6-10(9)12(19)20/h9-10H,2-8H2,1H3,(H,19,20). The highest BCUT2D eigenvalue weighted by Crippen LogP contribution is 2.34. The van der Waals surface area contributed by atoms with Crippen molar-refractivity contribution in [3.8, 4) is 0 Å². The summed E-state index contributed by atoms with van der Waals surface area (Å²) < 4.78 is 37.6. The predicted octanol–water partition coefficient (Wildman–Crippen LogP) is 2.68. The Balaban J connectivity index is 2.78. The van der Waals surface area contributed by atoms with E-state index in [9.17, 15) is 22.8 Å². The third-order valence-electron chi connectivity index (χ3n) is 3.61. The highest BCUT2D eigenvalue weighted by atomic mass is 19.4. The summed E-state index contributed by atoms with van der Waals surface area (Å²) in [6.45, 7) is 0.554. The van der Waals surface area contributed by atoms with Crippen LogP contribution in [-0.4, -0.2) is 41.1 Å². The van der Waals surface area contributed by atoms with Crippen LogP contribution >= 0.6 is 0 Å². The minimum absolute atomic E-state index is 0.0255. The Labute approximate surface area is 115 Å². The summed E-state index contributed by atoms with van der Waals surface area (Å²) in [5.41, 5.74) is 0. The molecular weight excluding hydrogens is 275 g/mol. The number of rotatable bonds is 6. The predicted molar refractivity (Wildman–Crippen MR) is 66.0 cm³/mol. The van der Waals surface area contributed by atoms with Gasteiger partial charge in [0, 0.05) is 6.54 Å². The smallest absolute Gasteiger partial charge is 0.406 e. The van der Waals surface area contributed by atoms with Gasteiger partial charge in [0.2, 0.25) is 5.91 Å². The molecule has 1 aliphatic carbocycles. The fourth-order valence-corrected chi connectivity index (χ4v) is 2.62. The Morgan fingerprint density at radius 3 is 2.35 bits per heavy atom. The second kappa shape index (κ2) is 6.95. The van der Waals surface area contributed by atoms with Crippen LogP contribution in [0.15, 0.2) is 0 Å². The van der Waals surface area contributed by atoms with Gasteiger partial charge in [0.25, 0.3) is 0 Å². The van der Waals surface area contributed by atoms with E-state index in [1.807, 2.05) is 6.92 Å². The largest absolute Gasteiger partial charge is 0.481 e. The SMILES string of the molecule is CCCCN(CC(F)(F)F)C(=O)C1CCCC1C(=O)O. The zero-order chi connectivity index (χ0) is 15.3. The van der Waals surface area contributed by atoms with Gasteiger partial charge in [0.15, 0.2) is 0 Å². The van der Waals surface area contributed by atoms with Crippen molar-refractivity contribution in [2.75, 3.05) is 13.1 Å². The fraction of sp³-hybridized carbons (Fsp3) is 0.846. The van der Waals surface area contributed by atoms with Gasteiger partial charge < -0.3 is 10.0 Å². The number of nitrogens with zero attached hydrogens (tertiary/aromatic N) is 1. The van der Waals surface area contributed by atoms with Crippen LogP contribution in [0.5, 0.6) is 0 Å². The van der Waals surface area contributed by atoms with Gasteiger partial charge in [-0.15, -0.1) is 0 Å². The Hall–Kier alpha value is -1.27. The zero-order valence-electron chi connectivity index (χ0n) is 11.4. The lowest BCUT2D eigenvalue weighted by atomic mass is 9.94. The van der Waals surface area contributed by atoms with Crippen LogP contribution in [0.25, 0.3) is 0 Å². The van der Waals surface area contributed by atoms with Gasteiger partial charge in [-0.05, 0) is 19.3 Å². The molecule has 4 nitrogen and oxygen atoms in total. The molecule has 2 unspecified atom stereocenters. The van der Waals surface area contributed by atoms with Crippen LogP contribution in [0, 0.1) is 11.8 Å². The monoisotopic (exact) mass is 295 g/mol. The maximum Gasteiger partial charge on any atom is 0.406 e. The first kappa shape index (κ1) is 16.8. The molecule has 1 N–H and O–H groups in total. The highest BCUT2D eigenvalue weighted by Gasteiger charge is 2.42. The van der Waals surface area contributed by atoms with Crippen molar-refractivity contribution in [1.29, 1.82) is 0 Å². The topological polar surface area (TPSA) is 57.6 Å². The summed E-state index contributed by atoms with van der Waals surface area (Å²) in [6.07, 6.45) is -2.02. The molecular formula is C13H20F3NO3. The minimum Gasteiger partial charge on any atom is -0.481 e. The van der Waals surface area contributed by atoms with Crippen LogP contribution in [0.3, 0.4) is 0 Å². The van der Waals surface area contributed by atoms with E-state index in [0.29, 0.717) is 32.1 Å². The molecule has 0 saturated heterocycles. The second-order valence-electron chi connectivity index (χ2n) is 5.21. The summed E-state index contributed by atoms with van der Waals surface area (Å²) >= 11 is 0. The molecule has 0 bridgehead atoms. The van der Waals surface area contributed by atoms with E-state index >= 15 is 0 Å². The summed E-state index contributed by atoms with van der Waals surface area (Å²) in [4.78, 5) is 24.0. The van der Waals surface area contributed by atoms with E-state index in [4.69, 9.17) is 5.11 Å². The third-order valence-corrected chi connectivity index (χ3v) is 3.61. The van der Waals surface area contributed by atoms with Gasteiger partial charge in [0.05, 0.1) is 11.8 Å². The molecule has 0 aromatic carbocycles. The molecule has 1 amide bonds. The number of halogens is 3. The first-order valence-corrected chi connectivity index (χ1v) is 6.84. The minimum atomic E-state index is -4.46. The lowest BCUT2D eigenvalue weighted by Crippen LogP contribution is -2.44. The zero-order valence-corrected chi connectivity index (χ0v) is 11.4. The Morgan fingerprint density at radius 2 is 1.85 bits per heavy atom. The number of alkyl halides is 3. The maximum absolute atomic E-state index is 12.5. The Kier molecular flexibility index (Phi) is 5.83. The molecule has 0 aromatic heterocycles. The number of unbranched alkanes of at least 4 members (excludes halogenated alkanes) is 1. The number of carboxylic acid groups (broad SMARTS) is 1. The molecule has 1 rings (SSSR count). The molecule has 7 heteroatoms. The first-order valence-electron chi connectivity index (χ1n) is 6.84. The number of hydrogen-bond donors (Lipinski definition) is 1. The third kappa shape index (κ3) is 4.68. The lowest BCUT2D eigenvalue weighted by molar-refractivity contribution is -0.166. The highest BCUT2D eigenvalue weighted by molar-refractivity contribution is 5.85. The Bertz CT molecular complexity index is 357. The average Bonchev–Trinajstić information content (AvgIpc) is 2.81. The van der Waals surface area contributed by atoms with E-state index < -0.39 is 36.4 Å². The normalized spacial score (nSPS) is 22.8. The van der Waals surface area contributed by atoms with Gasteiger partial charge in [-0.1, -0.05) is 19.8 Å². The van der Waals surface area contributed by atoms with Crippen molar-refractivity contribution in [2.24, 2.45) is 11.8 Å². The molecule has 0 radical (unpaired) electrons. The van der Waals surface area contributed by atoms with Crippen molar-refractivity contribution in [3.05, 3.63) is 0 Å². The van der Waals surface area contributed by atoms with Crippen molar-refractivity contribution in [3.63, 3.8) is 0 Å². The van der Waals surface area contributed by atoms with Gasteiger partial charge in [0.1, 0.15) is 6.54 Å². The van der Waals surface area contributed by atoms with Gasteiger partial charge in [-0.3, -0.25) is 9.59 Å². The summed E-state index contributed by atoms with van der Waals surface area (Å²) in [6, 6.07) is 0. The van der Waals surface area contributed by atoms with E-state index in [2.05, 4.69) is 0 Å². The molecule has 0 aliphatic heterocycles. The van der Waals surface area contributed by atoms with Crippen molar-refractivity contribution >= 4 is 11.9 Å². The lowest BCUT2D eigenvalue weighted by Gasteiger charge is -2.28. The molecule has 2 atom stereocenters. The number of carboxylic acids is 1. The van der Waals surface area contributed by atoms with Crippen LogP contribution in [0.1, 0.15) is 39.0 Å². The molecule has 1 fully saturated rings. The summed E-state index contributed by atoms with van der Waals surface area (Å²) in [5, 5.41) is 9.03. The Morgan fingerprint density at radius 1 is 1.25 bits per heavy atom. The fourth-order valence-electron chi connectivity index (χ4n) is 2.62. The average molecular weight is 295 g/mol. The number of carbonyl (C=O) groups excluding carboxylic acids is 1.